The molecule has 3 heterocycles. The fourth-order valence-electron chi connectivity index (χ4n) is 4.11. The van der Waals surface area contributed by atoms with Crippen molar-refractivity contribution in [3.63, 3.8) is 0 Å². The first-order chi connectivity index (χ1) is 16.1. The van der Waals surface area contributed by atoms with Gasteiger partial charge in [-0.2, -0.15) is 8.99 Å². The van der Waals surface area contributed by atoms with Crippen LogP contribution in [-0.4, -0.2) is 55.6 Å². The van der Waals surface area contributed by atoms with Gasteiger partial charge in [0.1, 0.15) is 0 Å². The summed E-state index contributed by atoms with van der Waals surface area (Å²) >= 11 is 1.53. The standard InChI is InChI=1S/C22H25N7O2S2/c1-2-28-20-12-11-18(33(30,31)27-13-7-4-8-14-27)15-19(20)23-22(28)32-16-21-24-25-26-29(21)17-9-5-3-6-10-17/h3,5-6,9-12,15H,2,4,7-8,13-14,16H2,1H3. The maximum absolute atomic E-state index is 13.1. The van der Waals surface area contributed by atoms with Crippen molar-refractivity contribution >= 4 is 32.8 Å². The Hall–Kier alpha value is -2.76. The third-order valence-corrected chi connectivity index (χ3v) is 8.69. The van der Waals surface area contributed by atoms with Gasteiger partial charge in [0.05, 0.1) is 27.4 Å². The van der Waals surface area contributed by atoms with E-state index in [2.05, 4.69) is 27.0 Å². The van der Waals surface area contributed by atoms with Crippen LogP contribution in [0, 0.1) is 0 Å². The zero-order valence-corrected chi connectivity index (χ0v) is 20.0. The van der Waals surface area contributed by atoms with Crippen molar-refractivity contribution in [3.8, 4) is 5.69 Å². The molecule has 0 saturated carbocycles. The van der Waals surface area contributed by atoms with E-state index in [0.717, 1.165) is 42.2 Å². The van der Waals surface area contributed by atoms with Gasteiger partial charge in [-0.1, -0.05) is 36.4 Å². The van der Waals surface area contributed by atoms with Crippen LogP contribution in [0.1, 0.15) is 32.0 Å². The molecule has 1 saturated heterocycles. The summed E-state index contributed by atoms with van der Waals surface area (Å²) in [6.07, 6.45) is 2.91. The largest absolute Gasteiger partial charge is 0.319 e. The lowest BCUT2D eigenvalue weighted by Crippen LogP contribution is -2.35. The molecular weight excluding hydrogens is 458 g/mol. The number of fused-ring (bicyclic) bond motifs is 1. The molecule has 4 aromatic rings. The topological polar surface area (TPSA) is 98.8 Å². The molecule has 0 radical (unpaired) electrons. The van der Waals surface area contributed by atoms with Crippen LogP contribution in [0.4, 0.5) is 0 Å². The Morgan fingerprint density at radius 1 is 1.03 bits per heavy atom. The van der Waals surface area contributed by atoms with Gasteiger partial charge in [-0.05, 0) is 60.5 Å². The molecule has 1 aliphatic heterocycles. The molecule has 0 aliphatic carbocycles. The lowest BCUT2D eigenvalue weighted by atomic mass is 10.2. The number of tetrazole rings is 1. The first kappa shape index (κ1) is 22.1. The molecule has 33 heavy (non-hydrogen) atoms. The van der Waals surface area contributed by atoms with Crippen LogP contribution in [-0.2, 0) is 22.3 Å². The lowest BCUT2D eigenvalue weighted by Gasteiger charge is -2.25. The SMILES string of the molecule is CCn1c(SCc2nnnn2-c2ccccc2)nc2cc(S(=O)(=O)N3CCCCC3)ccc21. The van der Waals surface area contributed by atoms with E-state index in [1.54, 1.807) is 21.1 Å². The molecule has 0 N–H and O–H groups in total. The third-order valence-electron chi connectivity index (χ3n) is 5.82. The van der Waals surface area contributed by atoms with Crippen LogP contribution in [0.25, 0.3) is 16.7 Å². The first-order valence-corrected chi connectivity index (χ1v) is 13.5. The second-order valence-electron chi connectivity index (χ2n) is 7.89. The summed E-state index contributed by atoms with van der Waals surface area (Å²) in [5.74, 6) is 1.25. The van der Waals surface area contributed by atoms with E-state index in [4.69, 9.17) is 4.98 Å². The summed E-state index contributed by atoms with van der Waals surface area (Å²) in [7, 11) is -3.50. The van der Waals surface area contributed by atoms with Crippen LogP contribution in [0.3, 0.4) is 0 Å². The highest BCUT2D eigenvalue weighted by atomic mass is 32.2. The van der Waals surface area contributed by atoms with Gasteiger partial charge >= 0.3 is 0 Å². The molecule has 2 aromatic heterocycles. The van der Waals surface area contributed by atoms with Crippen molar-refractivity contribution in [2.75, 3.05) is 13.1 Å². The number of aryl methyl sites for hydroxylation is 1. The number of thioether (sulfide) groups is 1. The number of para-hydroxylation sites is 1. The number of nitrogens with zero attached hydrogens (tertiary/aromatic N) is 7. The first-order valence-electron chi connectivity index (χ1n) is 11.0. The van der Waals surface area contributed by atoms with Crippen LogP contribution in [0.5, 0.6) is 0 Å². The van der Waals surface area contributed by atoms with E-state index in [1.807, 2.05) is 36.4 Å². The smallest absolute Gasteiger partial charge is 0.243 e. The van der Waals surface area contributed by atoms with E-state index < -0.39 is 10.0 Å². The van der Waals surface area contributed by atoms with Crippen LogP contribution < -0.4 is 0 Å². The minimum Gasteiger partial charge on any atom is -0.319 e. The average Bonchev–Trinajstić information content (AvgIpc) is 3.47. The number of benzene rings is 2. The number of rotatable bonds is 7. The van der Waals surface area contributed by atoms with Gasteiger partial charge in [0.2, 0.25) is 10.0 Å². The molecule has 1 fully saturated rings. The normalized spacial score (nSPS) is 15.3. The van der Waals surface area contributed by atoms with E-state index >= 15 is 0 Å². The molecule has 172 valence electrons. The zero-order valence-electron chi connectivity index (χ0n) is 18.3. The number of aromatic nitrogens is 6. The summed E-state index contributed by atoms with van der Waals surface area (Å²) in [5, 5.41) is 12.9. The number of hydrogen-bond donors (Lipinski definition) is 0. The molecule has 9 nitrogen and oxygen atoms in total. The number of hydrogen-bond acceptors (Lipinski definition) is 7. The van der Waals surface area contributed by atoms with E-state index in [0.29, 0.717) is 35.1 Å². The molecule has 0 spiro atoms. The molecule has 11 heteroatoms. The summed E-state index contributed by atoms with van der Waals surface area (Å²) in [6.45, 7) is 3.94. The van der Waals surface area contributed by atoms with Gasteiger partial charge in [-0.25, -0.2) is 13.4 Å². The summed E-state index contributed by atoms with van der Waals surface area (Å²) < 4.78 is 31.6. The molecule has 0 atom stereocenters. The Balaban J connectivity index is 1.42. The highest BCUT2D eigenvalue weighted by Crippen LogP contribution is 2.29. The van der Waals surface area contributed by atoms with Crippen molar-refractivity contribution in [1.82, 2.24) is 34.1 Å². The highest BCUT2D eigenvalue weighted by molar-refractivity contribution is 7.98. The highest BCUT2D eigenvalue weighted by Gasteiger charge is 2.26. The van der Waals surface area contributed by atoms with Crippen molar-refractivity contribution in [1.29, 1.82) is 0 Å². The minimum absolute atomic E-state index is 0.308. The fourth-order valence-corrected chi connectivity index (χ4v) is 6.63. The quantitative estimate of drug-likeness (QED) is 0.371. The van der Waals surface area contributed by atoms with Gasteiger partial charge in [-0.3, -0.25) is 0 Å². The van der Waals surface area contributed by atoms with Gasteiger partial charge in [0.25, 0.3) is 0 Å². The average molecular weight is 484 g/mol. The van der Waals surface area contributed by atoms with E-state index in [9.17, 15) is 8.42 Å². The van der Waals surface area contributed by atoms with Crippen molar-refractivity contribution < 1.29 is 8.42 Å². The van der Waals surface area contributed by atoms with Crippen molar-refractivity contribution in [2.24, 2.45) is 0 Å². The Labute approximate surface area is 196 Å². The Morgan fingerprint density at radius 2 is 1.82 bits per heavy atom. The summed E-state index contributed by atoms with van der Waals surface area (Å²) in [5.41, 5.74) is 2.50. The van der Waals surface area contributed by atoms with E-state index in [1.165, 1.54) is 11.8 Å². The Bertz CT molecular complexity index is 1360. The maximum atomic E-state index is 13.1. The third kappa shape index (κ3) is 4.28. The van der Waals surface area contributed by atoms with E-state index in [-0.39, 0.29) is 0 Å². The Kier molecular flexibility index (Phi) is 6.17. The number of sulfonamides is 1. The fraction of sp³-hybridized carbons (Fsp3) is 0.364. The van der Waals surface area contributed by atoms with Gasteiger partial charge in [0, 0.05) is 19.6 Å². The number of piperidine rings is 1. The second kappa shape index (κ2) is 9.24. The van der Waals surface area contributed by atoms with Crippen molar-refractivity contribution in [3.05, 3.63) is 54.4 Å². The second-order valence-corrected chi connectivity index (χ2v) is 10.8. The predicted octanol–water partition coefficient (Wildman–Crippen LogP) is 3.50. The van der Waals surface area contributed by atoms with Crippen LogP contribution in [0.2, 0.25) is 0 Å². The molecule has 0 unspecified atom stereocenters. The van der Waals surface area contributed by atoms with Gasteiger partial charge < -0.3 is 4.57 Å². The van der Waals surface area contributed by atoms with Crippen LogP contribution in [0.15, 0.2) is 58.6 Å². The molecule has 2 aromatic carbocycles. The Morgan fingerprint density at radius 3 is 2.58 bits per heavy atom. The zero-order chi connectivity index (χ0) is 22.8. The minimum atomic E-state index is -3.50. The predicted molar refractivity (Wildman–Crippen MR) is 127 cm³/mol. The summed E-state index contributed by atoms with van der Waals surface area (Å²) in [4.78, 5) is 5.08. The maximum Gasteiger partial charge on any atom is 0.243 e. The molecule has 5 rings (SSSR count). The molecule has 1 aliphatic rings. The number of imidazole rings is 1. The van der Waals surface area contributed by atoms with Crippen molar-refractivity contribution in [2.45, 2.75) is 48.5 Å². The molecule has 0 amide bonds. The van der Waals surface area contributed by atoms with Crippen LogP contribution >= 0.6 is 11.8 Å². The monoisotopic (exact) mass is 483 g/mol. The lowest BCUT2D eigenvalue weighted by molar-refractivity contribution is 0.346. The van der Waals surface area contributed by atoms with Gasteiger partial charge in [-0.15, -0.1) is 5.10 Å². The molecular formula is C22H25N7O2S2. The van der Waals surface area contributed by atoms with Gasteiger partial charge in [0.15, 0.2) is 11.0 Å². The molecule has 0 bridgehead atoms. The summed E-state index contributed by atoms with van der Waals surface area (Å²) in [6, 6.07) is 15.0.